The molecular weight excluding hydrogens is 220 g/mol. The van der Waals surface area contributed by atoms with E-state index in [2.05, 4.69) is 5.10 Å². The topological polar surface area (TPSA) is 56.2 Å². The van der Waals surface area contributed by atoms with Gasteiger partial charge in [0.25, 0.3) is 5.56 Å². The molecule has 1 unspecified atom stereocenters. The Morgan fingerprint density at radius 1 is 1.35 bits per heavy atom. The molecule has 0 fully saturated rings. The summed E-state index contributed by atoms with van der Waals surface area (Å²) in [5.41, 5.74) is 0.648. The van der Waals surface area contributed by atoms with Crippen molar-refractivity contribution < 1.29 is 9.47 Å². The first-order valence-electron chi connectivity index (χ1n) is 5.38. The van der Waals surface area contributed by atoms with Crippen LogP contribution in [0.25, 0.3) is 0 Å². The van der Waals surface area contributed by atoms with Crippen LogP contribution >= 0.6 is 0 Å². The van der Waals surface area contributed by atoms with E-state index in [1.54, 1.807) is 7.05 Å². The molecule has 2 heterocycles. The Bertz CT molecular complexity index is 600. The van der Waals surface area contributed by atoms with Gasteiger partial charge in [-0.25, -0.2) is 0 Å². The van der Waals surface area contributed by atoms with Crippen LogP contribution in [0.5, 0.6) is 11.5 Å². The van der Waals surface area contributed by atoms with Gasteiger partial charge in [-0.05, 0) is 12.1 Å². The Hall–Kier alpha value is -2.17. The summed E-state index contributed by atoms with van der Waals surface area (Å²) in [7, 11) is 1.67. The fraction of sp³-hybridized carbons (Fsp3) is 0.250. The maximum atomic E-state index is 11.4. The van der Waals surface area contributed by atoms with Gasteiger partial charge in [0.2, 0.25) is 0 Å². The largest absolute Gasteiger partial charge is 0.485 e. The number of hydrogen-bond acceptors (Lipinski definition) is 3. The van der Waals surface area contributed by atoms with E-state index in [1.807, 2.05) is 24.3 Å². The average Bonchev–Trinajstić information content (AvgIpc) is 2.69. The van der Waals surface area contributed by atoms with Crippen molar-refractivity contribution >= 4 is 0 Å². The molecule has 1 N–H and O–H groups in total. The van der Waals surface area contributed by atoms with Crippen molar-refractivity contribution in [3.05, 3.63) is 46.4 Å². The summed E-state index contributed by atoms with van der Waals surface area (Å²) in [6, 6.07) is 9.02. The molecule has 1 atom stereocenters. The summed E-state index contributed by atoms with van der Waals surface area (Å²) in [5, 5.41) is 2.94. The van der Waals surface area contributed by atoms with E-state index in [0.717, 1.165) is 11.4 Å². The fourth-order valence-corrected chi connectivity index (χ4v) is 1.85. The molecule has 0 spiro atoms. The zero-order valence-electron chi connectivity index (χ0n) is 9.34. The number of H-pyrrole nitrogens is 1. The van der Waals surface area contributed by atoms with Gasteiger partial charge in [0.1, 0.15) is 6.61 Å². The Balaban J connectivity index is 1.91. The first-order chi connectivity index (χ1) is 8.24. The summed E-state index contributed by atoms with van der Waals surface area (Å²) >= 11 is 0. The van der Waals surface area contributed by atoms with E-state index < -0.39 is 0 Å². The van der Waals surface area contributed by atoms with E-state index >= 15 is 0 Å². The molecule has 0 saturated carbocycles. The second-order valence-electron chi connectivity index (χ2n) is 3.97. The van der Waals surface area contributed by atoms with Gasteiger partial charge in [0, 0.05) is 13.1 Å². The Kier molecular flexibility index (Phi) is 2.18. The molecule has 88 valence electrons. The first-order valence-corrected chi connectivity index (χ1v) is 5.38. The molecule has 1 aromatic carbocycles. The van der Waals surface area contributed by atoms with Crippen LogP contribution in [-0.4, -0.2) is 16.4 Å². The number of para-hydroxylation sites is 2. The highest BCUT2D eigenvalue weighted by molar-refractivity contribution is 5.41. The van der Waals surface area contributed by atoms with Gasteiger partial charge in [0.15, 0.2) is 17.6 Å². The lowest BCUT2D eigenvalue weighted by Crippen LogP contribution is -2.22. The molecule has 5 heteroatoms. The monoisotopic (exact) mass is 232 g/mol. The molecule has 17 heavy (non-hydrogen) atoms. The van der Waals surface area contributed by atoms with Crippen LogP contribution in [0.15, 0.2) is 35.1 Å². The molecular formula is C12H12N2O3. The third-order valence-corrected chi connectivity index (χ3v) is 2.76. The van der Waals surface area contributed by atoms with Crippen LogP contribution < -0.4 is 15.0 Å². The average molecular weight is 232 g/mol. The van der Waals surface area contributed by atoms with Crippen LogP contribution in [0, 0.1) is 0 Å². The van der Waals surface area contributed by atoms with Crippen LogP contribution in [0.3, 0.4) is 0 Å². The smallest absolute Gasteiger partial charge is 0.266 e. The second kappa shape index (κ2) is 3.69. The molecule has 5 nitrogen and oxygen atoms in total. The number of fused-ring (bicyclic) bond motifs is 1. The van der Waals surface area contributed by atoms with Crippen LogP contribution in [0.2, 0.25) is 0 Å². The number of aromatic amines is 1. The van der Waals surface area contributed by atoms with Gasteiger partial charge >= 0.3 is 0 Å². The quantitative estimate of drug-likeness (QED) is 0.804. The zero-order valence-corrected chi connectivity index (χ0v) is 9.34. The van der Waals surface area contributed by atoms with Gasteiger partial charge in [0.05, 0.1) is 5.69 Å². The SMILES string of the molecule is Cn1[nH]c(C2COc3ccccc3O2)cc1=O. The van der Waals surface area contributed by atoms with E-state index in [1.165, 1.54) is 10.7 Å². The summed E-state index contributed by atoms with van der Waals surface area (Å²) < 4.78 is 12.8. The molecule has 2 aromatic rings. The Morgan fingerprint density at radius 2 is 2.12 bits per heavy atom. The second-order valence-corrected chi connectivity index (χ2v) is 3.97. The van der Waals surface area contributed by atoms with Gasteiger partial charge < -0.3 is 9.47 Å². The molecule has 1 aliphatic rings. The van der Waals surface area contributed by atoms with E-state index in [9.17, 15) is 4.79 Å². The Labute approximate surface area is 97.6 Å². The maximum Gasteiger partial charge on any atom is 0.266 e. The zero-order chi connectivity index (χ0) is 11.8. The number of nitrogens with one attached hydrogen (secondary N) is 1. The van der Waals surface area contributed by atoms with Gasteiger partial charge in [-0.15, -0.1) is 0 Å². The normalized spacial score (nSPS) is 18.1. The van der Waals surface area contributed by atoms with Crippen LogP contribution in [-0.2, 0) is 7.05 Å². The highest BCUT2D eigenvalue weighted by atomic mass is 16.6. The third-order valence-electron chi connectivity index (χ3n) is 2.76. The van der Waals surface area contributed by atoms with Crippen molar-refractivity contribution in [3.8, 4) is 11.5 Å². The minimum Gasteiger partial charge on any atom is -0.485 e. The number of ether oxygens (including phenoxy) is 2. The minimum absolute atomic E-state index is 0.0811. The highest BCUT2D eigenvalue weighted by Gasteiger charge is 2.23. The molecule has 0 radical (unpaired) electrons. The minimum atomic E-state index is -0.265. The number of aryl methyl sites for hydroxylation is 1. The van der Waals surface area contributed by atoms with Crippen molar-refractivity contribution in [1.29, 1.82) is 0 Å². The lowest BCUT2D eigenvalue weighted by atomic mass is 10.2. The standard InChI is InChI=1S/C12H12N2O3/c1-14-12(15)6-8(13-14)11-7-16-9-4-2-3-5-10(9)17-11/h2-6,11,13H,7H2,1H3. The third kappa shape index (κ3) is 1.69. The van der Waals surface area contributed by atoms with Gasteiger partial charge in [-0.1, -0.05) is 12.1 Å². The molecule has 0 saturated heterocycles. The number of benzene rings is 1. The summed E-state index contributed by atoms with van der Waals surface area (Å²) in [6.07, 6.45) is -0.265. The predicted octanol–water partition coefficient (Wildman–Crippen LogP) is 1.23. The van der Waals surface area contributed by atoms with E-state index in [0.29, 0.717) is 12.4 Å². The molecule has 0 amide bonds. The van der Waals surface area contributed by atoms with Crippen molar-refractivity contribution in [3.63, 3.8) is 0 Å². The lowest BCUT2D eigenvalue weighted by molar-refractivity contribution is 0.0879. The number of hydrogen-bond donors (Lipinski definition) is 1. The van der Waals surface area contributed by atoms with Crippen molar-refractivity contribution in [1.82, 2.24) is 9.78 Å². The molecule has 1 aromatic heterocycles. The number of rotatable bonds is 1. The van der Waals surface area contributed by atoms with Crippen molar-refractivity contribution in [2.24, 2.45) is 7.05 Å². The highest BCUT2D eigenvalue weighted by Crippen LogP contribution is 2.34. The molecule has 0 aliphatic carbocycles. The van der Waals surface area contributed by atoms with E-state index in [4.69, 9.17) is 9.47 Å². The number of nitrogens with zero attached hydrogens (tertiary/aromatic N) is 1. The van der Waals surface area contributed by atoms with Crippen LogP contribution in [0.4, 0.5) is 0 Å². The van der Waals surface area contributed by atoms with Crippen molar-refractivity contribution in [2.75, 3.05) is 6.61 Å². The first kappa shape index (κ1) is 10.0. The van der Waals surface area contributed by atoms with Crippen LogP contribution in [0.1, 0.15) is 11.8 Å². The molecule has 1 aliphatic heterocycles. The van der Waals surface area contributed by atoms with E-state index in [-0.39, 0.29) is 11.7 Å². The van der Waals surface area contributed by atoms with Gasteiger partial charge in [-0.2, -0.15) is 0 Å². The summed E-state index contributed by atoms with van der Waals surface area (Å²) in [6.45, 7) is 0.400. The fourth-order valence-electron chi connectivity index (χ4n) is 1.85. The molecule has 0 bridgehead atoms. The predicted molar refractivity (Wildman–Crippen MR) is 61.3 cm³/mol. The van der Waals surface area contributed by atoms with Crippen molar-refractivity contribution in [2.45, 2.75) is 6.10 Å². The maximum absolute atomic E-state index is 11.4. The summed E-state index contributed by atoms with van der Waals surface area (Å²) in [5.74, 6) is 1.44. The lowest BCUT2D eigenvalue weighted by Gasteiger charge is -2.25. The summed E-state index contributed by atoms with van der Waals surface area (Å²) in [4.78, 5) is 11.4. The molecule has 3 rings (SSSR count). The Morgan fingerprint density at radius 3 is 2.82 bits per heavy atom. The van der Waals surface area contributed by atoms with Gasteiger partial charge in [-0.3, -0.25) is 14.6 Å². The number of aromatic nitrogens is 2.